The zero-order valence-electron chi connectivity index (χ0n) is 7.06. The number of rotatable bonds is 1. The van der Waals surface area contributed by atoms with Gasteiger partial charge in [0.1, 0.15) is 6.61 Å². The molecule has 0 saturated heterocycles. The Morgan fingerprint density at radius 3 is 2.79 bits per heavy atom. The van der Waals surface area contributed by atoms with Gasteiger partial charge in [-0.25, -0.2) is 4.99 Å². The maximum atomic E-state index is 6.08. The van der Waals surface area contributed by atoms with Gasteiger partial charge >= 0.3 is 0 Å². The van der Waals surface area contributed by atoms with E-state index >= 15 is 0 Å². The summed E-state index contributed by atoms with van der Waals surface area (Å²) in [5, 5.41) is 1.18. The molecule has 5 heteroatoms. The third-order valence-electron chi connectivity index (χ3n) is 1.81. The molecule has 1 aliphatic rings. The van der Waals surface area contributed by atoms with Crippen molar-refractivity contribution in [3.8, 4) is 0 Å². The molecule has 1 aliphatic heterocycles. The normalized spacial score (nSPS) is 15.2. The lowest BCUT2D eigenvalue weighted by Gasteiger charge is -2.06. The van der Waals surface area contributed by atoms with Crippen molar-refractivity contribution in [2.45, 2.75) is 0 Å². The lowest BCUT2D eigenvalue weighted by molar-refractivity contribution is 0.348. The molecule has 74 valence electrons. The van der Waals surface area contributed by atoms with Crippen LogP contribution >= 0.6 is 39.1 Å². The molecule has 1 aromatic carbocycles. The maximum Gasteiger partial charge on any atom is 0.217 e. The van der Waals surface area contributed by atoms with Crippen LogP contribution in [0, 0.1) is 0 Å². The summed E-state index contributed by atoms with van der Waals surface area (Å²) < 4.78 is 6.07. The van der Waals surface area contributed by atoms with E-state index in [1.165, 1.54) is 0 Å². The van der Waals surface area contributed by atoms with Crippen molar-refractivity contribution >= 4 is 45.0 Å². The van der Waals surface area contributed by atoms with Gasteiger partial charge in [-0.1, -0.05) is 23.2 Å². The van der Waals surface area contributed by atoms with Crippen LogP contribution in [-0.4, -0.2) is 19.0 Å². The molecule has 0 N–H and O–H groups in total. The summed E-state index contributed by atoms with van der Waals surface area (Å²) in [7, 11) is 0. The molecule has 0 fully saturated rings. The first kappa shape index (κ1) is 10.3. The predicted molar refractivity (Wildman–Crippen MR) is 61.5 cm³/mol. The quantitative estimate of drug-likeness (QED) is 0.726. The molecular formula is C9H6BrCl2NO. The van der Waals surface area contributed by atoms with Crippen molar-refractivity contribution in [1.29, 1.82) is 0 Å². The van der Waals surface area contributed by atoms with E-state index in [9.17, 15) is 0 Å². The van der Waals surface area contributed by atoms with Crippen molar-refractivity contribution in [3.63, 3.8) is 0 Å². The summed E-state index contributed by atoms with van der Waals surface area (Å²) >= 11 is 15.3. The Hall–Kier alpha value is -0.250. The summed E-state index contributed by atoms with van der Waals surface area (Å²) in [6.45, 7) is 1.28. The SMILES string of the molecule is Clc1cc(Br)c(Cl)c(C2=NCCO2)c1. The number of nitrogens with zero attached hydrogens (tertiary/aromatic N) is 1. The fraction of sp³-hybridized carbons (Fsp3) is 0.222. The Morgan fingerprint density at radius 2 is 2.14 bits per heavy atom. The molecule has 0 bridgehead atoms. The molecule has 0 saturated carbocycles. The molecule has 1 aromatic rings. The minimum atomic E-state index is 0.568. The number of hydrogen-bond acceptors (Lipinski definition) is 2. The van der Waals surface area contributed by atoms with Gasteiger partial charge in [0.25, 0.3) is 0 Å². The number of benzene rings is 1. The first-order valence-corrected chi connectivity index (χ1v) is 5.55. The van der Waals surface area contributed by atoms with Gasteiger partial charge in [0, 0.05) is 9.50 Å². The van der Waals surface area contributed by atoms with Crippen LogP contribution in [0.3, 0.4) is 0 Å². The molecule has 0 aliphatic carbocycles. The lowest BCUT2D eigenvalue weighted by atomic mass is 10.2. The minimum Gasteiger partial charge on any atom is -0.475 e. The van der Waals surface area contributed by atoms with Crippen molar-refractivity contribution in [2.24, 2.45) is 4.99 Å². The van der Waals surface area contributed by atoms with E-state index in [2.05, 4.69) is 20.9 Å². The smallest absolute Gasteiger partial charge is 0.217 e. The maximum absolute atomic E-state index is 6.08. The van der Waals surface area contributed by atoms with Crippen molar-refractivity contribution in [1.82, 2.24) is 0 Å². The molecule has 0 spiro atoms. The van der Waals surface area contributed by atoms with Crippen LogP contribution in [0.15, 0.2) is 21.6 Å². The lowest BCUT2D eigenvalue weighted by Crippen LogP contribution is -2.02. The van der Waals surface area contributed by atoms with Gasteiger partial charge in [0.2, 0.25) is 5.90 Å². The van der Waals surface area contributed by atoms with E-state index in [4.69, 9.17) is 27.9 Å². The first-order valence-electron chi connectivity index (χ1n) is 4.00. The van der Waals surface area contributed by atoms with E-state index in [1.54, 1.807) is 12.1 Å². The molecule has 0 atom stereocenters. The Labute approximate surface area is 100 Å². The molecule has 0 amide bonds. The second-order valence-corrected chi connectivity index (χ2v) is 4.45. The van der Waals surface area contributed by atoms with Crippen LogP contribution in [0.5, 0.6) is 0 Å². The zero-order valence-corrected chi connectivity index (χ0v) is 10.2. The van der Waals surface area contributed by atoms with Crippen LogP contribution in [0.4, 0.5) is 0 Å². The van der Waals surface area contributed by atoms with E-state index in [-0.39, 0.29) is 0 Å². The monoisotopic (exact) mass is 293 g/mol. The Kier molecular flexibility index (Phi) is 3.00. The summed E-state index contributed by atoms with van der Waals surface area (Å²) in [4.78, 5) is 4.18. The summed E-state index contributed by atoms with van der Waals surface area (Å²) in [6.07, 6.45) is 0. The molecule has 0 aromatic heterocycles. The van der Waals surface area contributed by atoms with Crippen molar-refractivity contribution < 1.29 is 4.74 Å². The zero-order chi connectivity index (χ0) is 10.1. The molecule has 0 unspecified atom stereocenters. The Bertz CT molecular complexity index is 406. The summed E-state index contributed by atoms with van der Waals surface area (Å²) in [5.41, 5.74) is 0.739. The average Bonchev–Trinajstić information content (AvgIpc) is 2.63. The van der Waals surface area contributed by atoms with E-state index in [1.807, 2.05) is 0 Å². The molecule has 2 rings (SSSR count). The Balaban J connectivity index is 2.51. The van der Waals surface area contributed by atoms with Gasteiger partial charge in [-0.05, 0) is 28.1 Å². The number of ether oxygens (including phenoxy) is 1. The number of aliphatic imine (C=N–C) groups is 1. The van der Waals surface area contributed by atoms with Crippen LogP contribution in [0.1, 0.15) is 5.56 Å². The number of halogens is 3. The standard InChI is InChI=1S/C9H6BrCl2NO/c10-7-4-5(11)3-6(8(7)12)9-13-1-2-14-9/h3-4H,1-2H2. The highest BCUT2D eigenvalue weighted by Crippen LogP contribution is 2.31. The molecule has 1 heterocycles. The largest absolute Gasteiger partial charge is 0.475 e. The highest BCUT2D eigenvalue weighted by molar-refractivity contribution is 9.10. The predicted octanol–water partition coefficient (Wildman–Crippen LogP) is 3.53. The van der Waals surface area contributed by atoms with Gasteiger partial charge in [-0.2, -0.15) is 0 Å². The van der Waals surface area contributed by atoms with E-state index in [0.717, 1.165) is 10.0 Å². The fourth-order valence-electron chi connectivity index (χ4n) is 1.21. The van der Waals surface area contributed by atoms with Gasteiger partial charge in [-0.15, -0.1) is 0 Å². The van der Waals surface area contributed by atoms with Crippen LogP contribution in [0.2, 0.25) is 10.0 Å². The minimum absolute atomic E-state index is 0.568. The summed E-state index contributed by atoms with van der Waals surface area (Å²) in [5.74, 6) is 0.568. The molecular weight excluding hydrogens is 289 g/mol. The second-order valence-electron chi connectivity index (χ2n) is 2.78. The van der Waals surface area contributed by atoms with Gasteiger partial charge in [-0.3, -0.25) is 0 Å². The van der Waals surface area contributed by atoms with Gasteiger partial charge in [0.05, 0.1) is 17.1 Å². The fourth-order valence-corrected chi connectivity index (χ4v) is 2.21. The first-order chi connectivity index (χ1) is 6.68. The van der Waals surface area contributed by atoms with Crippen LogP contribution < -0.4 is 0 Å². The third-order valence-corrected chi connectivity index (χ3v) is 3.29. The van der Waals surface area contributed by atoms with Crippen molar-refractivity contribution in [3.05, 3.63) is 32.2 Å². The summed E-state index contributed by atoms with van der Waals surface area (Å²) in [6, 6.07) is 3.49. The van der Waals surface area contributed by atoms with E-state index < -0.39 is 0 Å². The topological polar surface area (TPSA) is 21.6 Å². The van der Waals surface area contributed by atoms with Crippen LogP contribution in [-0.2, 0) is 4.74 Å². The number of hydrogen-bond donors (Lipinski definition) is 0. The highest BCUT2D eigenvalue weighted by atomic mass is 79.9. The third kappa shape index (κ3) is 1.90. The highest BCUT2D eigenvalue weighted by Gasteiger charge is 2.16. The second kappa shape index (κ2) is 4.09. The molecule has 0 radical (unpaired) electrons. The Morgan fingerprint density at radius 1 is 1.36 bits per heavy atom. The van der Waals surface area contributed by atoms with Gasteiger partial charge in [0.15, 0.2) is 0 Å². The van der Waals surface area contributed by atoms with E-state index in [0.29, 0.717) is 29.1 Å². The van der Waals surface area contributed by atoms with Gasteiger partial charge < -0.3 is 4.74 Å². The van der Waals surface area contributed by atoms with Crippen molar-refractivity contribution in [2.75, 3.05) is 13.2 Å². The average molecular weight is 295 g/mol. The molecule has 2 nitrogen and oxygen atoms in total. The van der Waals surface area contributed by atoms with Crippen LogP contribution in [0.25, 0.3) is 0 Å². The molecule has 14 heavy (non-hydrogen) atoms.